The van der Waals surface area contributed by atoms with Crippen molar-refractivity contribution in [2.24, 2.45) is 0 Å². The minimum absolute atomic E-state index is 1.02. The average molecular weight is 247 g/mol. The maximum atomic E-state index is 4.63. The Labute approximate surface area is 105 Å². The fraction of sp³-hybridized carbons (Fsp3) is 0.462. The molecule has 0 saturated carbocycles. The van der Waals surface area contributed by atoms with E-state index in [1.807, 2.05) is 0 Å². The van der Waals surface area contributed by atoms with Gasteiger partial charge in [-0.15, -0.1) is 0 Å². The first-order chi connectivity index (χ1) is 8.31. The third-order valence-corrected chi connectivity index (χ3v) is 4.09. The summed E-state index contributed by atoms with van der Waals surface area (Å²) in [6, 6.07) is 6.45. The number of aryl methyl sites for hydroxylation is 1. The number of anilines is 1. The van der Waals surface area contributed by atoms with Gasteiger partial charge in [-0.05, 0) is 37.5 Å². The van der Waals surface area contributed by atoms with Gasteiger partial charge in [0.25, 0.3) is 0 Å². The molecular formula is C13H17N3S. The minimum Gasteiger partial charge on any atom is -0.294 e. The molecule has 0 amide bonds. The molecule has 4 heteroatoms. The molecule has 1 saturated heterocycles. The highest BCUT2D eigenvalue weighted by Gasteiger charge is 2.11. The van der Waals surface area contributed by atoms with Crippen molar-refractivity contribution in [3.63, 3.8) is 0 Å². The first-order valence-corrected chi connectivity index (χ1v) is 7.02. The molecule has 1 aromatic carbocycles. The highest BCUT2D eigenvalue weighted by atomic mass is 32.1. The number of benzene rings is 1. The van der Waals surface area contributed by atoms with Crippen LogP contribution < -0.4 is 5.43 Å². The van der Waals surface area contributed by atoms with Gasteiger partial charge >= 0.3 is 0 Å². The van der Waals surface area contributed by atoms with Crippen LogP contribution in [0, 0.1) is 6.92 Å². The van der Waals surface area contributed by atoms with Gasteiger partial charge in [0.15, 0.2) is 5.13 Å². The number of hydrogen-bond acceptors (Lipinski definition) is 4. The lowest BCUT2D eigenvalue weighted by Gasteiger charge is -2.26. The van der Waals surface area contributed by atoms with E-state index in [1.54, 1.807) is 11.3 Å². The summed E-state index contributed by atoms with van der Waals surface area (Å²) in [6.45, 7) is 4.38. The zero-order valence-corrected chi connectivity index (χ0v) is 10.9. The van der Waals surface area contributed by atoms with Crippen LogP contribution in [0.1, 0.15) is 24.8 Å². The maximum absolute atomic E-state index is 4.63. The van der Waals surface area contributed by atoms with E-state index in [4.69, 9.17) is 0 Å². The summed E-state index contributed by atoms with van der Waals surface area (Å²) in [5.74, 6) is 0. The second-order valence-electron chi connectivity index (χ2n) is 4.65. The van der Waals surface area contributed by atoms with Crippen LogP contribution in [-0.4, -0.2) is 23.1 Å². The van der Waals surface area contributed by atoms with Crippen molar-refractivity contribution in [1.29, 1.82) is 0 Å². The molecule has 1 aromatic heterocycles. The van der Waals surface area contributed by atoms with Crippen LogP contribution in [0.3, 0.4) is 0 Å². The standard InChI is InChI=1S/C13H17N3S/c1-10-5-6-12-11(9-10)14-13(17-12)15-16-7-3-2-4-8-16/h5-6,9H,2-4,7-8H2,1H3,(H,14,15). The quantitative estimate of drug-likeness (QED) is 0.881. The van der Waals surface area contributed by atoms with E-state index >= 15 is 0 Å². The summed E-state index contributed by atoms with van der Waals surface area (Å²) in [5, 5.41) is 3.31. The van der Waals surface area contributed by atoms with E-state index < -0.39 is 0 Å². The summed E-state index contributed by atoms with van der Waals surface area (Å²) in [6.07, 6.45) is 3.94. The van der Waals surface area contributed by atoms with Gasteiger partial charge in [-0.3, -0.25) is 5.43 Å². The number of hydrogen-bond donors (Lipinski definition) is 1. The van der Waals surface area contributed by atoms with Crippen molar-refractivity contribution >= 4 is 26.7 Å². The second-order valence-corrected chi connectivity index (χ2v) is 5.68. The lowest BCUT2D eigenvalue weighted by atomic mass is 10.2. The molecule has 0 atom stereocenters. The number of fused-ring (bicyclic) bond motifs is 1. The third kappa shape index (κ3) is 2.42. The molecule has 1 fully saturated rings. The largest absolute Gasteiger partial charge is 0.294 e. The van der Waals surface area contributed by atoms with Gasteiger partial charge in [0.1, 0.15) is 0 Å². The fourth-order valence-electron chi connectivity index (χ4n) is 2.23. The second kappa shape index (κ2) is 4.63. The molecule has 0 unspecified atom stereocenters. The molecule has 1 aliphatic heterocycles. The summed E-state index contributed by atoms with van der Waals surface area (Å²) < 4.78 is 1.26. The SMILES string of the molecule is Cc1ccc2sc(NN3CCCCC3)nc2c1. The van der Waals surface area contributed by atoms with E-state index in [0.29, 0.717) is 0 Å². The number of hydrazine groups is 1. The number of thiazole rings is 1. The number of aromatic nitrogens is 1. The lowest BCUT2D eigenvalue weighted by Crippen LogP contribution is -2.34. The zero-order valence-electron chi connectivity index (χ0n) is 10.1. The van der Waals surface area contributed by atoms with E-state index in [-0.39, 0.29) is 0 Å². The zero-order chi connectivity index (χ0) is 11.7. The number of nitrogens with zero attached hydrogens (tertiary/aromatic N) is 2. The van der Waals surface area contributed by atoms with Crippen molar-refractivity contribution in [2.75, 3.05) is 18.5 Å². The van der Waals surface area contributed by atoms with Crippen LogP contribution in [-0.2, 0) is 0 Å². The van der Waals surface area contributed by atoms with Gasteiger partial charge in [-0.2, -0.15) is 0 Å². The Bertz CT molecular complexity index is 514. The smallest absolute Gasteiger partial charge is 0.198 e. The van der Waals surface area contributed by atoms with Crippen molar-refractivity contribution in [3.05, 3.63) is 23.8 Å². The van der Waals surface area contributed by atoms with E-state index in [1.165, 1.54) is 29.5 Å². The van der Waals surface area contributed by atoms with Crippen molar-refractivity contribution in [2.45, 2.75) is 26.2 Å². The Balaban J connectivity index is 1.80. The minimum atomic E-state index is 1.02. The molecule has 0 aliphatic carbocycles. The van der Waals surface area contributed by atoms with Gasteiger partial charge < -0.3 is 0 Å². The van der Waals surface area contributed by atoms with Crippen LogP contribution in [0.4, 0.5) is 5.13 Å². The number of nitrogens with one attached hydrogen (secondary N) is 1. The van der Waals surface area contributed by atoms with E-state index in [9.17, 15) is 0 Å². The van der Waals surface area contributed by atoms with Crippen LogP contribution in [0.2, 0.25) is 0 Å². The third-order valence-electron chi connectivity index (χ3n) is 3.15. The fourth-order valence-corrected chi connectivity index (χ4v) is 3.10. The van der Waals surface area contributed by atoms with Gasteiger partial charge in [-0.1, -0.05) is 23.8 Å². The Morgan fingerprint density at radius 2 is 2.06 bits per heavy atom. The van der Waals surface area contributed by atoms with E-state index in [0.717, 1.165) is 23.7 Å². The number of piperidine rings is 1. The summed E-state index contributed by atoms with van der Waals surface area (Å²) in [5.41, 5.74) is 5.81. The highest BCUT2D eigenvalue weighted by Crippen LogP contribution is 2.27. The molecule has 1 aliphatic rings. The van der Waals surface area contributed by atoms with Crippen LogP contribution >= 0.6 is 11.3 Å². The van der Waals surface area contributed by atoms with Crippen LogP contribution in [0.25, 0.3) is 10.2 Å². The van der Waals surface area contributed by atoms with Gasteiger partial charge in [0, 0.05) is 13.1 Å². The van der Waals surface area contributed by atoms with Crippen molar-refractivity contribution in [3.8, 4) is 0 Å². The lowest BCUT2D eigenvalue weighted by molar-refractivity contribution is 0.273. The monoisotopic (exact) mass is 247 g/mol. The molecule has 17 heavy (non-hydrogen) atoms. The first kappa shape index (κ1) is 11.0. The molecule has 90 valence electrons. The maximum Gasteiger partial charge on any atom is 0.198 e. The molecule has 0 spiro atoms. The average Bonchev–Trinajstić information content (AvgIpc) is 2.71. The van der Waals surface area contributed by atoms with E-state index in [2.05, 4.69) is 40.5 Å². The number of rotatable bonds is 2. The molecule has 1 N–H and O–H groups in total. The molecule has 3 nitrogen and oxygen atoms in total. The first-order valence-electron chi connectivity index (χ1n) is 6.20. The van der Waals surface area contributed by atoms with Crippen molar-refractivity contribution < 1.29 is 0 Å². The topological polar surface area (TPSA) is 28.2 Å². The Hall–Kier alpha value is -1.13. The predicted molar refractivity (Wildman–Crippen MR) is 73.4 cm³/mol. The predicted octanol–water partition coefficient (Wildman–Crippen LogP) is 3.42. The van der Waals surface area contributed by atoms with Gasteiger partial charge in [-0.25, -0.2) is 9.99 Å². The molecule has 3 rings (SSSR count). The normalized spacial score (nSPS) is 17.5. The van der Waals surface area contributed by atoms with Gasteiger partial charge in [0.2, 0.25) is 0 Å². The van der Waals surface area contributed by atoms with Gasteiger partial charge in [0.05, 0.1) is 10.2 Å². The molecule has 2 heterocycles. The summed E-state index contributed by atoms with van der Waals surface area (Å²) >= 11 is 1.74. The molecule has 0 bridgehead atoms. The van der Waals surface area contributed by atoms with Crippen LogP contribution in [0.5, 0.6) is 0 Å². The molecule has 2 aromatic rings. The van der Waals surface area contributed by atoms with Crippen molar-refractivity contribution in [1.82, 2.24) is 9.99 Å². The Kier molecular flexibility index (Phi) is 2.99. The molecule has 0 radical (unpaired) electrons. The summed E-state index contributed by atoms with van der Waals surface area (Å²) in [7, 11) is 0. The Morgan fingerprint density at radius 1 is 1.24 bits per heavy atom. The highest BCUT2D eigenvalue weighted by molar-refractivity contribution is 7.22. The molecular weight excluding hydrogens is 230 g/mol. The summed E-state index contributed by atoms with van der Waals surface area (Å²) in [4.78, 5) is 4.63. The van der Waals surface area contributed by atoms with Crippen LogP contribution in [0.15, 0.2) is 18.2 Å². The Morgan fingerprint density at radius 3 is 2.88 bits per heavy atom.